The van der Waals surface area contributed by atoms with Gasteiger partial charge in [0.05, 0.1) is 0 Å². The zero-order valence-electron chi connectivity index (χ0n) is 7.08. The molecule has 0 saturated carbocycles. The summed E-state index contributed by atoms with van der Waals surface area (Å²) in [5.74, 6) is 0. The lowest BCUT2D eigenvalue weighted by Gasteiger charge is -2.39. The van der Waals surface area contributed by atoms with Crippen LogP contribution in [-0.2, 0) is 0 Å². The average Bonchev–Trinajstić information content (AvgIpc) is 2.05. The van der Waals surface area contributed by atoms with Crippen molar-refractivity contribution in [3.63, 3.8) is 0 Å². The van der Waals surface area contributed by atoms with Crippen LogP contribution in [0.5, 0.6) is 0 Å². The average molecular weight is 214 g/mol. The van der Waals surface area contributed by atoms with E-state index < -0.39 is 0 Å². The lowest BCUT2D eigenvalue weighted by molar-refractivity contribution is 0.133. The molecule has 2 saturated heterocycles. The monoisotopic (exact) mass is 213 g/mol. The summed E-state index contributed by atoms with van der Waals surface area (Å²) in [6.45, 7) is 7.19. The summed E-state index contributed by atoms with van der Waals surface area (Å²) in [5, 5.41) is 6.80. The highest BCUT2D eigenvalue weighted by Crippen LogP contribution is 2.03. The number of hydrogen-bond donors (Lipinski definition) is 2. The van der Waals surface area contributed by atoms with Crippen LogP contribution in [0.1, 0.15) is 0 Å². The molecule has 12 heavy (non-hydrogen) atoms. The van der Waals surface area contributed by atoms with Gasteiger partial charge < -0.3 is 10.6 Å². The van der Waals surface area contributed by atoms with E-state index in [9.17, 15) is 0 Å². The molecule has 2 aliphatic rings. The van der Waals surface area contributed by atoms with Crippen LogP contribution in [-0.4, -0.2) is 50.2 Å². The Morgan fingerprint density at radius 3 is 1.83 bits per heavy atom. The van der Waals surface area contributed by atoms with Crippen molar-refractivity contribution >= 4 is 24.8 Å². The highest BCUT2D eigenvalue weighted by atomic mass is 35.5. The van der Waals surface area contributed by atoms with Crippen molar-refractivity contribution < 1.29 is 0 Å². The molecular formula is C7H17Cl2N3. The van der Waals surface area contributed by atoms with Gasteiger partial charge in [0.15, 0.2) is 0 Å². The molecule has 0 aromatic rings. The highest BCUT2D eigenvalue weighted by molar-refractivity contribution is 5.85. The third kappa shape index (κ3) is 2.75. The number of fused-ring (bicyclic) bond motifs is 1. The minimum atomic E-state index is 0. The number of rotatable bonds is 0. The van der Waals surface area contributed by atoms with Crippen LogP contribution in [0.4, 0.5) is 0 Å². The zero-order valence-corrected chi connectivity index (χ0v) is 8.72. The molecule has 2 N–H and O–H groups in total. The minimum Gasteiger partial charge on any atom is -0.314 e. The first-order valence-electron chi connectivity index (χ1n) is 4.12. The predicted molar refractivity (Wildman–Crippen MR) is 55.6 cm³/mol. The van der Waals surface area contributed by atoms with Crippen LogP contribution in [0.25, 0.3) is 0 Å². The molecule has 5 heteroatoms. The summed E-state index contributed by atoms with van der Waals surface area (Å²) in [5.41, 5.74) is 0. The molecule has 0 amide bonds. The number of hydrogen-bond acceptors (Lipinski definition) is 3. The molecule has 2 fully saturated rings. The maximum absolute atomic E-state index is 3.40. The molecule has 0 radical (unpaired) electrons. The Morgan fingerprint density at radius 2 is 1.42 bits per heavy atom. The van der Waals surface area contributed by atoms with Gasteiger partial charge in [-0.2, -0.15) is 0 Å². The van der Waals surface area contributed by atoms with Gasteiger partial charge in [-0.15, -0.1) is 24.8 Å². The Labute approximate surface area is 86.1 Å². The van der Waals surface area contributed by atoms with Crippen molar-refractivity contribution in [1.29, 1.82) is 0 Å². The summed E-state index contributed by atoms with van der Waals surface area (Å²) >= 11 is 0. The van der Waals surface area contributed by atoms with E-state index in [-0.39, 0.29) is 24.8 Å². The standard InChI is InChI=1S/C7H15N3.2ClH/c1-3-10-4-2-9-6-7(10)5-8-1;;/h7-9H,1-6H2;2*1H. The minimum absolute atomic E-state index is 0. The molecule has 3 nitrogen and oxygen atoms in total. The third-order valence-electron chi connectivity index (χ3n) is 2.43. The Morgan fingerprint density at radius 1 is 0.917 bits per heavy atom. The molecule has 0 unspecified atom stereocenters. The van der Waals surface area contributed by atoms with Crippen molar-refractivity contribution in [1.82, 2.24) is 15.5 Å². The van der Waals surface area contributed by atoms with E-state index in [0.717, 1.165) is 6.04 Å². The summed E-state index contributed by atoms with van der Waals surface area (Å²) in [4.78, 5) is 2.58. The van der Waals surface area contributed by atoms with Gasteiger partial charge in [0, 0.05) is 45.3 Å². The van der Waals surface area contributed by atoms with Gasteiger partial charge >= 0.3 is 0 Å². The molecule has 2 aliphatic heterocycles. The van der Waals surface area contributed by atoms with E-state index in [4.69, 9.17) is 0 Å². The maximum Gasteiger partial charge on any atom is 0.0346 e. The smallest absolute Gasteiger partial charge is 0.0346 e. The highest BCUT2D eigenvalue weighted by Gasteiger charge is 2.23. The van der Waals surface area contributed by atoms with Crippen LogP contribution in [0, 0.1) is 0 Å². The van der Waals surface area contributed by atoms with Gasteiger partial charge in [-0.3, -0.25) is 4.90 Å². The first-order chi connectivity index (χ1) is 4.97. The Hall–Kier alpha value is 0.460. The van der Waals surface area contributed by atoms with Crippen molar-refractivity contribution in [2.24, 2.45) is 0 Å². The van der Waals surface area contributed by atoms with Crippen LogP contribution >= 0.6 is 24.8 Å². The largest absolute Gasteiger partial charge is 0.314 e. The first-order valence-corrected chi connectivity index (χ1v) is 4.12. The first kappa shape index (κ1) is 12.5. The van der Waals surface area contributed by atoms with Crippen LogP contribution in [0.2, 0.25) is 0 Å². The Balaban J connectivity index is 0.000000605. The second-order valence-electron chi connectivity index (χ2n) is 3.10. The fraction of sp³-hybridized carbons (Fsp3) is 1.00. The van der Waals surface area contributed by atoms with Crippen molar-refractivity contribution in [3.8, 4) is 0 Å². The van der Waals surface area contributed by atoms with E-state index in [1.807, 2.05) is 0 Å². The van der Waals surface area contributed by atoms with Crippen LogP contribution in [0.15, 0.2) is 0 Å². The van der Waals surface area contributed by atoms with Crippen LogP contribution < -0.4 is 10.6 Å². The van der Waals surface area contributed by atoms with E-state index in [1.165, 1.54) is 39.3 Å². The molecule has 0 aliphatic carbocycles. The number of piperazine rings is 2. The number of nitrogens with one attached hydrogen (secondary N) is 2. The molecule has 0 spiro atoms. The molecule has 0 aromatic carbocycles. The summed E-state index contributed by atoms with van der Waals surface area (Å²) in [7, 11) is 0. The van der Waals surface area contributed by atoms with E-state index in [1.54, 1.807) is 0 Å². The zero-order chi connectivity index (χ0) is 6.81. The second-order valence-corrected chi connectivity index (χ2v) is 3.10. The van der Waals surface area contributed by atoms with Gasteiger partial charge in [0.1, 0.15) is 0 Å². The molecule has 0 aromatic heterocycles. The second kappa shape index (κ2) is 6.00. The van der Waals surface area contributed by atoms with Crippen molar-refractivity contribution in [2.75, 3.05) is 39.3 Å². The van der Waals surface area contributed by atoms with Crippen LogP contribution in [0.3, 0.4) is 0 Å². The fourth-order valence-electron chi connectivity index (χ4n) is 1.79. The third-order valence-corrected chi connectivity index (χ3v) is 2.43. The molecule has 74 valence electrons. The molecule has 0 bridgehead atoms. The van der Waals surface area contributed by atoms with E-state index in [0.29, 0.717) is 0 Å². The quantitative estimate of drug-likeness (QED) is 0.580. The van der Waals surface area contributed by atoms with Gasteiger partial charge in [0.2, 0.25) is 0 Å². The summed E-state index contributed by atoms with van der Waals surface area (Å²) in [6.07, 6.45) is 0. The van der Waals surface area contributed by atoms with Crippen molar-refractivity contribution in [3.05, 3.63) is 0 Å². The molecular weight excluding hydrogens is 197 g/mol. The number of halogens is 2. The lowest BCUT2D eigenvalue weighted by Crippen LogP contribution is -2.60. The fourth-order valence-corrected chi connectivity index (χ4v) is 1.79. The summed E-state index contributed by atoms with van der Waals surface area (Å²) < 4.78 is 0. The van der Waals surface area contributed by atoms with Crippen molar-refractivity contribution in [2.45, 2.75) is 6.04 Å². The van der Waals surface area contributed by atoms with E-state index in [2.05, 4.69) is 15.5 Å². The summed E-state index contributed by atoms with van der Waals surface area (Å²) in [6, 6.07) is 0.766. The maximum atomic E-state index is 3.40. The molecule has 0 atom stereocenters. The Kier molecular flexibility index (Phi) is 6.23. The molecule has 2 rings (SSSR count). The predicted octanol–water partition coefficient (Wildman–Crippen LogP) is -0.293. The Bertz CT molecular complexity index is 97.2. The topological polar surface area (TPSA) is 27.3 Å². The SMILES string of the molecule is C1CN2CCNCC2CN1.Cl.Cl. The van der Waals surface area contributed by atoms with Gasteiger partial charge in [-0.1, -0.05) is 0 Å². The molecule has 2 heterocycles. The van der Waals surface area contributed by atoms with Gasteiger partial charge in [-0.25, -0.2) is 0 Å². The number of nitrogens with zero attached hydrogens (tertiary/aromatic N) is 1. The van der Waals surface area contributed by atoms with Gasteiger partial charge in [-0.05, 0) is 0 Å². The van der Waals surface area contributed by atoms with Gasteiger partial charge in [0.25, 0.3) is 0 Å². The van der Waals surface area contributed by atoms with E-state index >= 15 is 0 Å². The normalized spacial score (nSPS) is 25.0. The lowest BCUT2D eigenvalue weighted by atomic mass is 10.1.